The van der Waals surface area contributed by atoms with Gasteiger partial charge in [-0.05, 0) is 13.8 Å². The van der Waals surface area contributed by atoms with E-state index in [4.69, 9.17) is 5.73 Å². The van der Waals surface area contributed by atoms with Gasteiger partial charge >= 0.3 is 0 Å². The van der Waals surface area contributed by atoms with Gasteiger partial charge in [-0.15, -0.1) is 0 Å². The van der Waals surface area contributed by atoms with Gasteiger partial charge in [0.1, 0.15) is 17.5 Å². The molecule has 0 aliphatic heterocycles. The first-order valence-corrected chi connectivity index (χ1v) is 3.57. The van der Waals surface area contributed by atoms with Gasteiger partial charge in [0.2, 0.25) is 0 Å². The third-order valence-corrected chi connectivity index (χ3v) is 1.22. The van der Waals surface area contributed by atoms with Gasteiger partial charge in [0, 0.05) is 12.6 Å². The lowest BCUT2D eigenvalue weighted by atomic mass is 10.5. The topological polar surface area (TPSA) is 63.8 Å². The van der Waals surface area contributed by atoms with Gasteiger partial charge in [-0.2, -0.15) is 0 Å². The van der Waals surface area contributed by atoms with Crippen LogP contribution in [0.1, 0.15) is 12.7 Å². The van der Waals surface area contributed by atoms with Crippen molar-refractivity contribution in [1.82, 2.24) is 9.97 Å². The van der Waals surface area contributed by atoms with E-state index in [0.717, 1.165) is 12.4 Å². The number of aryl methyl sites for hydroxylation is 1. The number of aromatic nitrogens is 2. The molecule has 0 unspecified atom stereocenters. The molecule has 1 aromatic rings. The summed E-state index contributed by atoms with van der Waals surface area (Å²) in [6, 6.07) is 1.72. The fraction of sp³-hybridized carbons (Fsp3) is 0.429. The second-order valence-corrected chi connectivity index (χ2v) is 2.26. The number of nitrogens with zero attached hydrogens (tertiary/aromatic N) is 2. The molecule has 0 radical (unpaired) electrons. The Balaban J connectivity index is 2.89. The molecule has 3 N–H and O–H groups in total. The molecule has 0 aliphatic rings. The van der Waals surface area contributed by atoms with Gasteiger partial charge in [-0.25, -0.2) is 9.97 Å². The second kappa shape index (κ2) is 3.18. The van der Waals surface area contributed by atoms with E-state index in [2.05, 4.69) is 15.3 Å². The van der Waals surface area contributed by atoms with E-state index in [-0.39, 0.29) is 0 Å². The second-order valence-electron chi connectivity index (χ2n) is 2.26. The molecule has 11 heavy (non-hydrogen) atoms. The largest absolute Gasteiger partial charge is 0.384 e. The number of hydrogen-bond donors (Lipinski definition) is 2. The van der Waals surface area contributed by atoms with Crippen LogP contribution in [0.2, 0.25) is 0 Å². The molecule has 1 rings (SSSR count). The molecule has 1 aromatic heterocycles. The Morgan fingerprint density at radius 2 is 2.27 bits per heavy atom. The normalized spacial score (nSPS) is 9.64. The number of anilines is 2. The van der Waals surface area contributed by atoms with E-state index in [1.165, 1.54) is 0 Å². The summed E-state index contributed by atoms with van der Waals surface area (Å²) < 4.78 is 0. The molecule has 0 atom stereocenters. The first-order valence-electron chi connectivity index (χ1n) is 3.57. The maximum absolute atomic E-state index is 5.50. The van der Waals surface area contributed by atoms with Crippen molar-refractivity contribution in [1.29, 1.82) is 0 Å². The van der Waals surface area contributed by atoms with Crippen LogP contribution in [0, 0.1) is 6.92 Å². The summed E-state index contributed by atoms with van der Waals surface area (Å²) in [5, 5.41) is 3.06. The Hall–Kier alpha value is -1.32. The van der Waals surface area contributed by atoms with E-state index in [1.807, 2.05) is 13.8 Å². The van der Waals surface area contributed by atoms with E-state index in [9.17, 15) is 0 Å². The summed E-state index contributed by atoms with van der Waals surface area (Å²) >= 11 is 0. The lowest BCUT2D eigenvalue weighted by Crippen LogP contribution is -2.03. The Morgan fingerprint density at radius 3 is 2.82 bits per heavy atom. The maximum Gasteiger partial charge on any atom is 0.131 e. The highest BCUT2D eigenvalue weighted by Crippen LogP contribution is 2.06. The minimum Gasteiger partial charge on any atom is -0.384 e. The molecule has 0 bridgehead atoms. The molecule has 0 amide bonds. The SMILES string of the molecule is CCNc1cc(N)nc(C)n1. The smallest absolute Gasteiger partial charge is 0.131 e. The van der Waals surface area contributed by atoms with Gasteiger partial charge in [-0.3, -0.25) is 0 Å². The first kappa shape index (κ1) is 7.78. The third kappa shape index (κ3) is 2.07. The molecule has 0 aromatic carbocycles. The van der Waals surface area contributed by atoms with Crippen LogP contribution in [0.3, 0.4) is 0 Å². The highest BCUT2D eigenvalue weighted by atomic mass is 15.0. The molecular formula is C7H12N4. The maximum atomic E-state index is 5.50. The standard InChI is InChI=1S/C7H12N4/c1-3-9-7-4-6(8)10-5(2)11-7/h4H,3H2,1-2H3,(H3,8,9,10,11). The van der Waals surface area contributed by atoms with Crippen LogP contribution in [0.5, 0.6) is 0 Å². The predicted molar refractivity (Wildman–Crippen MR) is 45.3 cm³/mol. The summed E-state index contributed by atoms with van der Waals surface area (Å²) in [6.07, 6.45) is 0. The van der Waals surface area contributed by atoms with Crippen LogP contribution >= 0.6 is 0 Å². The summed E-state index contributed by atoms with van der Waals surface area (Å²) in [5.74, 6) is 1.99. The number of nitrogen functional groups attached to an aromatic ring is 1. The minimum absolute atomic E-state index is 0.508. The average Bonchev–Trinajstić information content (AvgIpc) is 1.85. The van der Waals surface area contributed by atoms with Crippen LogP contribution in [0.15, 0.2) is 6.07 Å². The first-order chi connectivity index (χ1) is 5.22. The highest BCUT2D eigenvalue weighted by molar-refractivity contribution is 5.44. The predicted octanol–water partition coefficient (Wildman–Crippen LogP) is 0.799. The van der Waals surface area contributed by atoms with Gasteiger partial charge in [0.15, 0.2) is 0 Å². The van der Waals surface area contributed by atoms with Crippen LogP contribution < -0.4 is 11.1 Å². The fourth-order valence-corrected chi connectivity index (χ4v) is 0.862. The van der Waals surface area contributed by atoms with Crippen molar-refractivity contribution < 1.29 is 0 Å². The van der Waals surface area contributed by atoms with Crippen LogP contribution in [-0.2, 0) is 0 Å². The van der Waals surface area contributed by atoms with Crippen molar-refractivity contribution >= 4 is 11.6 Å². The Morgan fingerprint density at radius 1 is 1.55 bits per heavy atom. The molecule has 4 heteroatoms. The third-order valence-electron chi connectivity index (χ3n) is 1.22. The van der Waals surface area contributed by atoms with Gasteiger partial charge in [0.05, 0.1) is 0 Å². The van der Waals surface area contributed by atoms with E-state index in [1.54, 1.807) is 6.07 Å². The molecule has 60 valence electrons. The number of nitrogens with two attached hydrogens (primary N) is 1. The van der Waals surface area contributed by atoms with E-state index >= 15 is 0 Å². The fourth-order valence-electron chi connectivity index (χ4n) is 0.862. The Kier molecular flexibility index (Phi) is 2.25. The highest BCUT2D eigenvalue weighted by Gasteiger charge is 1.95. The zero-order chi connectivity index (χ0) is 8.27. The average molecular weight is 152 g/mol. The molecule has 0 fully saturated rings. The van der Waals surface area contributed by atoms with Crippen molar-refractivity contribution in [3.63, 3.8) is 0 Å². The molecule has 0 saturated heterocycles. The number of hydrogen-bond acceptors (Lipinski definition) is 4. The summed E-state index contributed by atoms with van der Waals surface area (Å²) in [7, 11) is 0. The summed E-state index contributed by atoms with van der Waals surface area (Å²) in [6.45, 7) is 4.67. The van der Waals surface area contributed by atoms with Gasteiger partial charge in [-0.1, -0.05) is 0 Å². The molecule has 0 aliphatic carbocycles. The zero-order valence-corrected chi connectivity index (χ0v) is 6.76. The molecule has 4 nitrogen and oxygen atoms in total. The van der Waals surface area contributed by atoms with Crippen LogP contribution in [0.4, 0.5) is 11.6 Å². The lowest BCUT2D eigenvalue weighted by Gasteiger charge is -2.02. The Bertz CT molecular complexity index is 226. The van der Waals surface area contributed by atoms with Crippen molar-refractivity contribution in [2.75, 3.05) is 17.6 Å². The monoisotopic (exact) mass is 152 g/mol. The van der Waals surface area contributed by atoms with Crippen LogP contribution in [0.25, 0.3) is 0 Å². The quantitative estimate of drug-likeness (QED) is 0.658. The molecule has 0 spiro atoms. The van der Waals surface area contributed by atoms with E-state index in [0.29, 0.717) is 11.6 Å². The molecular weight excluding hydrogens is 140 g/mol. The summed E-state index contributed by atoms with van der Waals surface area (Å²) in [5.41, 5.74) is 5.50. The number of nitrogens with one attached hydrogen (secondary N) is 1. The molecule has 0 saturated carbocycles. The zero-order valence-electron chi connectivity index (χ0n) is 6.76. The molecule has 1 heterocycles. The minimum atomic E-state index is 0.508. The van der Waals surface area contributed by atoms with Crippen molar-refractivity contribution in [2.24, 2.45) is 0 Å². The summed E-state index contributed by atoms with van der Waals surface area (Å²) in [4.78, 5) is 8.06. The van der Waals surface area contributed by atoms with E-state index < -0.39 is 0 Å². The Labute approximate surface area is 65.9 Å². The number of rotatable bonds is 2. The van der Waals surface area contributed by atoms with Crippen molar-refractivity contribution in [3.8, 4) is 0 Å². The van der Waals surface area contributed by atoms with Gasteiger partial charge < -0.3 is 11.1 Å². The van der Waals surface area contributed by atoms with Crippen molar-refractivity contribution in [2.45, 2.75) is 13.8 Å². The van der Waals surface area contributed by atoms with Crippen LogP contribution in [-0.4, -0.2) is 16.5 Å². The van der Waals surface area contributed by atoms with Gasteiger partial charge in [0.25, 0.3) is 0 Å². The van der Waals surface area contributed by atoms with Crippen molar-refractivity contribution in [3.05, 3.63) is 11.9 Å². The lowest BCUT2D eigenvalue weighted by molar-refractivity contribution is 1.04.